The quantitative estimate of drug-likeness (QED) is 0.128. The zero-order chi connectivity index (χ0) is 52.4. The molecule has 0 amide bonds. The number of fused-ring (bicyclic) bond motifs is 7. The molecule has 0 radical (unpaired) electrons. The lowest BCUT2D eigenvalue weighted by Crippen LogP contribution is -2.14. The highest BCUT2D eigenvalue weighted by atomic mass is 19.1. The van der Waals surface area contributed by atoms with Crippen LogP contribution in [0, 0.1) is 5.82 Å². The standard InChI is InChI=1S/C74H47FN2O2/c75-66-46-54(48-19-5-1-6-20-48)45-64(51-23-9-3-10-24-51)73(66)76(55-25-11-4-12-26-55)57-41-42-60-65-44-53-36-35-52(43-63(53)61-29-18-34-70(72(61)65)78-71(60)47-57)49-37-39-56(40-38-49)77(67-31-15-13-27-58(67)50-21-7-2-8-22-50)68-32-17-30-62-59-28-14-16-33-69(59)79-74(62)68/h1-47H. The summed E-state index contributed by atoms with van der Waals surface area (Å²) in [5.41, 5.74) is 16.7. The fourth-order valence-electron chi connectivity index (χ4n) is 11.8. The highest BCUT2D eigenvalue weighted by molar-refractivity contribution is 6.18. The van der Waals surface area contributed by atoms with Crippen LogP contribution in [0.3, 0.4) is 0 Å². The smallest absolute Gasteiger partial charge is 0.159 e. The number of benzene rings is 13. The Morgan fingerprint density at radius 2 is 0.899 bits per heavy atom. The van der Waals surface area contributed by atoms with Crippen molar-refractivity contribution in [2.75, 3.05) is 9.80 Å². The number of hydrogen-bond donors (Lipinski definition) is 0. The molecule has 1 aromatic heterocycles. The molecule has 79 heavy (non-hydrogen) atoms. The van der Waals surface area contributed by atoms with E-state index < -0.39 is 0 Å². The molecule has 15 rings (SSSR count). The summed E-state index contributed by atoms with van der Waals surface area (Å²) in [4.78, 5) is 4.35. The number of hydrogen-bond acceptors (Lipinski definition) is 4. The first-order chi connectivity index (χ1) is 39.1. The van der Waals surface area contributed by atoms with E-state index in [1.807, 2.05) is 114 Å². The summed E-state index contributed by atoms with van der Waals surface area (Å²) in [6.07, 6.45) is 0. The minimum atomic E-state index is -0.331. The van der Waals surface area contributed by atoms with Gasteiger partial charge in [-0.3, -0.25) is 0 Å². The van der Waals surface area contributed by atoms with Crippen molar-refractivity contribution in [3.63, 3.8) is 0 Å². The van der Waals surface area contributed by atoms with Gasteiger partial charge in [-0.25, -0.2) is 4.39 Å². The van der Waals surface area contributed by atoms with Crippen LogP contribution in [0.1, 0.15) is 0 Å². The van der Waals surface area contributed by atoms with Crippen LogP contribution in [0.25, 0.3) is 99.1 Å². The van der Waals surface area contributed by atoms with Crippen LogP contribution >= 0.6 is 0 Å². The average molecular weight is 1020 g/mol. The highest BCUT2D eigenvalue weighted by Gasteiger charge is 2.28. The first kappa shape index (κ1) is 45.9. The van der Waals surface area contributed by atoms with E-state index in [9.17, 15) is 0 Å². The van der Waals surface area contributed by atoms with Crippen molar-refractivity contribution in [3.05, 3.63) is 291 Å². The summed E-state index contributed by atoms with van der Waals surface area (Å²) in [5.74, 6) is 1.15. The van der Waals surface area contributed by atoms with Gasteiger partial charge in [-0.15, -0.1) is 0 Å². The molecule has 1 aliphatic rings. The van der Waals surface area contributed by atoms with Crippen LogP contribution in [-0.2, 0) is 0 Å². The summed E-state index contributed by atoms with van der Waals surface area (Å²) in [6, 6.07) is 98.2. The molecule has 0 fully saturated rings. The molecule has 0 aliphatic carbocycles. The summed E-state index contributed by atoms with van der Waals surface area (Å²) >= 11 is 0. The van der Waals surface area contributed by atoms with Crippen LogP contribution in [0.4, 0.5) is 38.5 Å². The number of nitrogens with zero attached hydrogens (tertiary/aromatic N) is 2. The Morgan fingerprint density at radius 1 is 0.304 bits per heavy atom. The number of rotatable bonds is 10. The predicted octanol–water partition coefficient (Wildman–Crippen LogP) is 21.4. The molecular formula is C74H47FN2O2. The normalized spacial score (nSPS) is 11.7. The molecule has 0 saturated carbocycles. The second kappa shape index (κ2) is 19.0. The molecule has 372 valence electrons. The topological polar surface area (TPSA) is 28.9 Å². The van der Waals surface area contributed by atoms with Gasteiger partial charge in [0.15, 0.2) is 5.58 Å². The lowest BCUT2D eigenvalue weighted by Gasteiger charge is -2.30. The largest absolute Gasteiger partial charge is 0.456 e. The monoisotopic (exact) mass is 1010 g/mol. The van der Waals surface area contributed by atoms with Crippen LogP contribution in [0.2, 0.25) is 0 Å². The van der Waals surface area contributed by atoms with Gasteiger partial charge in [0, 0.05) is 50.3 Å². The lowest BCUT2D eigenvalue weighted by molar-refractivity contribution is 0.487. The van der Waals surface area contributed by atoms with E-state index in [0.717, 1.165) is 133 Å². The van der Waals surface area contributed by atoms with Gasteiger partial charge in [0.2, 0.25) is 0 Å². The molecule has 13 aromatic carbocycles. The molecular weight excluding hydrogens is 968 g/mol. The summed E-state index contributed by atoms with van der Waals surface area (Å²) in [5, 5.41) is 6.60. The van der Waals surface area contributed by atoms with Gasteiger partial charge in [-0.1, -0.05) is 194 Å². The first-order valence-electron chi connectivity index (χ1n) is 26.7. The number of anilines is 6. The first-order valence-corrected chi connectivity index (χ1v) is 26.7. The van der Waals surface area contributed by atoms with Crippen molar-refractivity contribution >= 4 is 77.6 Å². The molecule has 4 nitrogen and oxygen atoms in total. The van der Waals surface area contributed by atoms with E-state index in [-0.39, 0.29) is 5.82 Å². The molecule has 0 saturated heterocycles. The summed E-state index contributed by atoms with van der Waals surface area (Å²) in [7, 11) is 0. The second-order valence-electron chi connectivity index (χ2n) is 20.1. The molecule has 0 spiro atoms. The molecule has 14 aromatic rings. The maximum absolute atomic E-state index is 17.3. The van der Waals surface area contributed by atoms with Crippen molar-refractivity contribution in [1.82, 2.24) is 0 Å². The average Bonchev–Trinajstić information content (AvgIpc) is 3.93. The predicted molar refractivity (Wildman–Crippen MR) is 325 cm³/mol. The van der Waals surface area contributed by atoms with Gasteiger partial charge in [-0.05, 0) is 140 Å². The second-order valence-corrected chi connectivity index (χ2v) is 20.1. The molecule has 0 unspecified atom stereocenters. The van der Waals surface area contributed by atoms with E-state index in [0.29, 0.717) is 11.4 Å². The van der Waals surface area contributed by atoms with Crippen LogP contribution in [-0.4, -0.2) is 0 Å². The van der Waals surface area contributed by atoms with Crippen molar-refractivity contribution in [2.45, 2.75) is 0 Å². The fourth-order valence-corrected chi connectivity index (χ4v) is 11.8. The molecule has 0 atom stereocenters. The van der Waals surface area contributed by atoms with E-state index >= 15 is 4.39 Å². The Kier molecular flexibility index (Phi) is 11.0. The van der Waals surface area contributed by atoms with Gasteiger partial charge in [0.05, 0.1) is 22.7 Å². The Labute approximate surface area is 456 Å². The van der Waals surface area contributed by atoms with Gasteiger partial charge >= 0.3 is 0 Å². The molecule has 1 aliphatic heterocycles. The molecule has 0 N–H and O–H groups in total. The zero-order valence-electron chi connectivity index (χ0n) is 42.7. The maximum Gasteiger partial charge on any atom is 0.159 e. The van der Waals surface area contributed by atoms with Crippen LogP contribution < -0.4 is 14.5 Å². The molecule has 2 heterocycles. The lowest BCUT2D eigenvalue weighted by atomic mass is 9.89. The number of ether oxygens (including phenoxy) is 1. The minimum absolute atomic E-state index is 0.331. The maximum atomic E-state index is 17.3. The van der Waals surface area contributed by atoms with Gasteiger partial charge in [0.1, 0.15) is 22.9 Å². The third-order valence-corrected chi connectivity index (χ3v) is 15.5. The molecule has 5 heteroatoms. The third-order valence-electron chi connectivity index (χ3n) is 15.5. The fraction of sp³-hybridized carbons (Fsp3) is 0. The summed E-state index contributed by atoms with van der Waals surface area (Å²) < 4.78 is 31.0. The number of halogens is 1. The number of furan rings is 1. The third kappa shape index (κ3) is 7.90. The highest BCUT2D eigenvalue weighted by Crippen LogP contribution is 2.53. The summed E-state index contributed by atoms with van der Waals surface area (Å²) in [6.45, 7) is 0. The van der Waals surface area contributed by atoms with Crippen LogP contribution in [0.5, 0.6) is 11.5 Å². The van der Waals surface area contributed by atoms with Crippen molar-refractivity contribution in [3.8, 4) is 67.1 Å². The Hall–Kier alpha value is -10.5. The van der Waals surface area contributed by atoms with E-state index in [1.54, 1.807) is 6.07 Å². The van der Waals surface area contributed by atoms with E-state index in [2.05, 4.69) is 175 Å². The van der Waals surface area contributed by atoms with Crippen molar-refractivity contribution < 1.29 is 13.5 Å². The van der Waals surface area contributed by atoms with Crippen LogP contribution in [0.15, 0.2) is 290 Å². The van der Waals surface area contributed by atoms with Gasteiger partial charge in [0.25, 0.3) is 0 Å². The minimum Gasteiger partial charge on any atom is -0.456 e. The van der Waals surface area contributed by atoms with Crippen molar-refractivity contribution in [2.24, 2.45) is 0 Å². The zero-order valence-corrected chi connectivity index (χ0v) is 42.7. The molecule has 0 bridgehead atoms. The van der Waals surface area contributed by atoms with Gasteiger partial charge in [-0.2, -0.15) is 0 Å². The Balaban J connectivity index is 0.820. The van der Waals surface area contributed by atoms with E-state index in [4.69, 9.17) is 9.15 Å². The van der Waals surface area contributed by atoms with E-state index in [1.165, 1.54) is 0 Å². The Bertz CT molecular complexity index is 4640. The van der Waals surface area contributed by atoms with Crippen molar-refractivity contribution in [1.29, 1.82) is 0 Å². The van der Waals surface area contributed by atoms with Gasteiger partial charge < -0.3 is 19.0 Å². The Morgan fingerprint density at radius 3 is 1.68 bits per heavy atom. The SMILES string of the molecule is Fc1cc(-c2ccccc2)cc(-c2ccccc2)c1N(c1ccccc1)c1ccc2c(c1)Oc1cccc3c1c-2cc1ccc(-c2ccc(N(c4ccccc4-c4ccccc4)c4cccc5c4oc4ccccc45)cc2)cc13. The number of para-hydroxylation sites is 4.